The van der Waals surface area contributed by atoms with E-state index in [-0.39, 0.29) is 56.1 Å². The second-order valence-corrected chi connectivity index (χ2v) is 22.7. The van der Waals surface area contributed by atoms with Gasteiger partial charge in [-0.3, -0.25) is 38.4 Å². The first-order chi connectivity index (χ1) is 38.8. The minimum atomic E-state index is -1.36. The Morgan fingerprint density at radius 1 is 0.512 bits per heavy atom. The van der Waals surface area contributed by atoms with Crippen LogP contribution in [0, 0.1) is 29.6 Å². The van der Waals surface area contributed by atoms with Crippen LogP contribution in [0.2, 0.25) is 0 Å². The Morgan fingerprint density at radius 2 is 0.927 bits per heavy atom. The fourth-order valence-corrected chi connectivity index (χ4v) is 9.71. The summed E-state index contributed by atoms with van der Waals surface area (Å²) >= 11 is 0. The average Bonchev–Trinajstić information content (AvgIpc) is 3.99. The van der Waals surface area contributed by atoms with Gasteiger partial charge in [-0.25, -0.2) is 4.79 Å². The zero-order valence-electron chi connectivity index (χ0n) is 49.2. The lowest BCUT2D eigenvalue weighted by molar-refractivity contribution is -0.145. The number of carboxylic acid groups (broad SMARTS) is 1. The van der Waals surface area contributed by atoms with E-state index in [1.54, 1.807) is 89.2 Å². The first kappa shape index (κ1) is 67.0. The van der Waals surface area contributed by atoms with E-state index in [9.17, 15) is 58.5 Å². The summed E-state index contributed by atoms with van der Waals surface area (Å²) in [5.41, 5.74) is 8.18. The molecule has 0 aliphatic carbocycles. The SMILES string of the molecule is CC[C@H](C)[C@H](NC(=O)[C@@H](NC(=O)[C@@H](N)Cc1ccc(O)cc1)[C@@H](C)CC)C(=O)N[C@@H](Cc1ccccc1)C(=O)N[C@H](C(=O)N[C@@H](Cc1ccc(O)cc1)C(=O)N[C@H](C(=O)N1CCC[C@H]1C(=O)N[C@@H](CC(C)C)C(=O)O)[C@@H](C)CC)C(C)C. The number of hydrogen-bond acceptors (Lipinski definition) is 12. The molecule has 1 aliphatic heterocycles. The molecule has 1 saturated heterocycles. The van der Waals surface area contributed by atoms with Crippen molar-refractivity contribution in [2.24, 2.45) is 35.3 Å². The van der Waals surface area contributed by atoms with Gasteiger partial charge in [0.2, 0.25) is 47.3 Å². The molecule has 12 N–H and O–H groups in total. The van der Waals surface area contributed by atoms with E-state index in [1.165, 1.54) is 29.2 Å². The van der Waals surface area contributed by atoms with Crippen LogP contribution in [-0.4, -0.2) is 134 Å². The third kappa shape index (κ3) is 19.9. The Morgan fingerprint density at radius 3 is 1.39 bits per heavy atom. The molecule has 3 aromatic rings. The van der Waals surface area contributed by atoms with Gasteiger partial charge in [-0.05, 0) is 96.2 Å². The van der Waals surface area contributed by atoms with Gasteiger partial charge in [-0.2, -0.15) is 0 Å². The number of phenolic OH excluding ortho intramolecular Hbond substituents is 2. The van der Waals surface area contributed by atoms with Crippen molar-refractivity contribution in [3.63, 3.8) is 0 Å². The molecule has 12 atom stereocenters. The number of carbonyl (C=O) groups excluding carboxylic acids is 8. The van der Waals surface area contributed by atoms with E-state index in [4.69, 9.17) is 5.73 Å². The van der Waals surface area contributed by atoms with E-state index < -0.39 is 131 Å². The second-order valence-electron chi connectivity index (χ2n) is 22.7. The summed E-state index contributed by atoms with van der Waals surface area (Å²) in [6, 6.07) is 10.4. The van der Waals surface area contributed by atoms with Crippen molar-refractivity contribution in [1.29, 1.82) is 0 Å². The van der Waals surface area contributed by atoms with Crippen LogP contribution >= 0.6 is 0 Å². The summed E-state index contributed by atoms with van der Waals surface area (Å²) in [6.45, 7) is 18.1. The number of nitrogens with one attached hydrogen (secondary N) is 7. The number of aromatic hydroxyl groups is 2. The summed E-state index contributed by atoms with van der Waals surface area (Å²) in [5.74, 6) is -8.52. The number of amides is 8. The van der Waals surface area contributed by atoms with Crippen LogP contribution in [0.15, 0.2) is 78.9 Å². The summed E-state index contributed by atoms with van der Waals surface area (Å²) in [6.07, 6.45) is 2.22. The molecule has 4 rings (SSSR count). The number of carbonyl (C=O) groups is 9. The molecule has 1 heterocycles. The van der Waals surface area contributed by atoms with Crippen LogP contribution in [0.4, 0.5) is 0 Å². The highest BCUT2D eigenvalue weighted by atomic mass is 16.4. The maximum absolute atomic E-state index is 14.7. The molecule has 1 fully saturated rings. The Kier molecular flexibility index (Phi) is 26.3. The van der Waals surface area contributed by atoms with E-state index in [1.807, 2.05) is 34.6 Å². The van der Waals surface area contributed by atoms with Crippen molar-refractivity contribution >= 4 is 53.2 Å². The number of carboxylic acids is 1. The van der Waals surface area contributed by atoms with Crippen LogP contribution in [0.25, 0.3) is 0 Å². The van der Waals surface area contributed by atoms with Crippen molar-refractivity contribution in [2.45, 2.75) is 181 Å². The average molecular weight is 1140 g/mol. The van der Waals surface area contributed by atoms with Gasteiger partial charge >= 0.3 is 5.97 Å². The number of aliphatic carboxylic acids is 1. The minimum Gasteiger partial charge on any atom is -0.508 e. The molecular weight excluding hydrogens is 1050 g/mol. The van der Waals surface area contributed by atoms with Gasteiger partial charge in [-0.15, -0.1) is 0 Å². The smallest absolute Gasteiger partial charge is 0.326 e. The molecule has 0 unspecified atom stereocenters. The summed E-state index contributed by atoms with van der Waals surface area (Å²) in [5, 5.41) is 49.2. The highest BCUT2D eigenvalue weighted by molar-refractivity contribution is 5.98. The van der Waals surface area contributed by atoms with Crippen LogP contribution in [-0.2, 0) is 62.4 Å². The first-order valence-corrected chi connectivity index (χ1v) is 28.8. The largest absolute Gasteiger partial charge is 0.508 e. The number of benzene rings is 3. The van der Waals surface area contributed by atoms with Gasteiger partial charge in [0.15, 0.2) is 0 Å². The molecule has 0 radical (unpaired) electrons. The molecule has 82 heavy (non-hydrogen) atoms. The molecule has 0 bridgehead atoms. The topological polar surface area (TPSA) is 328 Å². The zero-order chi connectivity index (χ0) is 61.0. The fourth-order valence-electron chi connectivity index (χ4n) is 9.71. The van der Waals surface area contributed by atoms with Crippen LogP contribution < -0.4 is 43.0 Å². The van der Waals surface area contributed by atoms with Crippen molar-refractivity contribution in [3.05, 3.63) is 95.6 Å². The lowest BCUT2D eigenvalue weighted by Crippen LogP contribution is -2.62. The lowest BCUT2D eigenvalue weighted by atomic mass is 9.94. The first-order valence-electron chi connectivity index (χ1n) is 28.8. The van der Waals surface area contributed by atoms with Gasteiger partial charge < -0.3 is 63.2 Å². The molecular formula is C61H89N9O12. The van der Waals surface area contributed by atoms with Crippen LogP contribution in [0.5, 0.6) is 11.5 Å². The molecule has 3 aromatic carbocycles. The van der Waals surface area contributed by atoms with Crippen molar-refractivity contribution in [3.8, 4) is 11.5 Å². The Balaban J connectivity index is 1.60. The second kappa shape index (κ2) is 32.2. The summed E-state index contributed by atoms with van der Waals surface area (Å²) < 4.78 is 0. The fraction of sp³-hybridized carbons (Fsp3) is 0.557. The van der Waals surface area contributed by atoms with E-state index in [0.29, 0.717) is 42.4 Å². The van der Waals surface area contributed by atoms with Gasteiger partial charge in [-0.1, -0.05) is 143 Å². The van der Waals surface area contributed by atoms with Crippen molar-refractivity contribution < 1.29 is 58.5 Å². The Bertz CT molecular complexity index is 2620. The van der Waals surface area contributed by atoms with Gasteiger partial charge in [0.1, 0.15) is 59.8 Å². The van der Waals surface area contributed by atoms with Gasteiger partial charge in [0.05, 0.1) is 6.04 Å². The number of nitrogens with two attached hydrogens (primary N) is 1. The number of nitrogens with zero attached hydrogens (tertiary/aromatic N) is 1. The van der Waals surface area contributed by atoms with Crippen LogP contribution in [0.3, 0.4) is 0 Å². The standard InChI is InChI=1S/C61H89N9O12/c1-11-36(8)50(68-59(79)51(37(9)12-2)67-53(73)44(62)31-40-21-25-42(71)26-22-40)58(78)64-45(32-39-18-15-14-16-19-39)54(74)66-49(35(6)7)57(77)63-46(33-41-23-27-43(72)28-24-41)55(75)69-52(38(10)13-3)60(80)70-29-17-20-48(70)56(76)65-47(61(81)82)30-34(4)5/h14-16,18-19,21-28,34-38,44-52,71-72H,11-13,17,20,29-33,62H2,1-10H3,(H,63,77)(H,64,78)(H,65,76)(H,66,74)(H,67,73)(H,68,79)(H,69,75)(H,81,82)/t36-,37-,38-,44-,45-,46-,47-,48-,49-,50-,51-,52-/m0/s1. The van der Waals surface area contributed by atoms with Crippen molar-refractivity contribution in [2.75, 3.05) is 6.54 Å². The molecule has 8 amide bonds. The third-order valence-electron chi connectivity index (χ3n) is 15.4. The van der Waals surface area contributed by atoms with E-state index in [2.05, 4.69) is 37.2 Å². The molecule has 0 saturated carbocycles. The lowest BCUT2D eigenvalue weighted by Gasteiger charge is -2.33. The maximum Gasteiger partial charge on any atom is 0.326 e. The number of hydrogen-bond donors (Lipinski definition) is 11. The highest BCUT2D eigenvalue weighted by Gasteiger charge is 2.42. The van der Waals surface area contributed by atoms with E-state index in [0.717, 1.165) is 0 Å². The Hall–Kier alpha value is -7.55. The number of phenols is 2. The highest BCUT2D eigenvalue weighted by Crippen LogP contribution is 2.23. The molecule has 21 nitrogen and oxygen atoms in total. The summed E-state index contributed by atoms with van der Waals surface area (Å²) in [7, 11) is 0. The molecule has 21 heteroatoms. The van der Waals surface area contributed by atoms with E-state index >= 15 is 0 Å². The molecule has 0 spiro atoms. The predicted octanol–water partition coefficient (Wildman–Crippen LogP) is 3.76. The predicted molar refractivity (Wildman–Crippen MR) is 310 cm³/mol. The molecule has 0 aromatic heterocycles. The third-order valence-corrected chi connectivity index (χ3v) is 15.4. The van der Waals surface area contributed by atoms with Gasteiger partial charge in [0.25, 0.3) is 0 Å². The van der Waals surface area contributed by atoms with Crippen molar-refractivity contribution in [1.82, 2.24) is 42.1 Å². The maximum atomic E-state index is 14.7. The monoisotopic (exact) mass is 1140 g/mol. The number of rotatable bonds is 31. The number of likely N-dealkylation sites (tertiary alicyclic amines) is 1. The molecule has 1 aliphatic rings. The minimum absolute atomic E-state index is 0.0367. The zero-order valence-corrected chi connectivity index (χ0v) is 49.2. The summed E-state index contributed by atoms with van der Waals surface area (Å²) in [4.78, 5) is 128. The van der Waals surface area contributed by atoms with Gasteiger partial charge in [0, 0.05) is 19.4 Å². The molecule has 450 valence electrons. The normalized spacial score (nSPS) is 17.3. The quantitative estimate of drug-likeness (QED) is 0.0438. The Labute approximate surface area is 482 Å². The van der Waals surface area contributed by atoms with Crippen LogP contribution in [0.1, 0.15) is 124 Å².